The van der Waals surface area contributed by atoms with E-state index >= 15 is 0 Å². The second kappa shape index (κ2) is 11.7. The lowest BCUT2D eigenvalue weighted by atomic mass is 9.96. The van der Waals surface area contributed by atoms with Crippen LogP contribution in [0.1, 0.15) is 24.8 Å². The van der Waals surface area contributed by atoms with Gasteiger partial charge in [0.25, 0.3) is 0 Å². The monoisotopic (exact) mass is 560 g/mol. The van der Waals surface area contributed by atoms with Crippen molar-refractivity contribution in [2.45, 2.75) is 31.1 Å². The van der Waals surface area contributed by atoms with E-state index in [0.29, 0.717) is 24.5 Å². The molecule has 1 aromatic heterocycles. The lowest BCUT2D eigenvalue weighted by Gasteiger charge is -2.33. The fraction of sp³-hybridized carbons (Fsp3) is 0.481. The molecule has 0 aliphatic carbocycles. The third-order valence-electron chi connectivity index (χ3n) is 7.32. The van der Waals surface area contributed by atoms with E-state index in [0.717, 1.165) is 67.2 Å². The third kappa shape index (κ3) is 5.91. The first-order chi connectivity index (χ1) is 18.3. The van der Waals surface area contributed by atoms with Gasteiger partial charge in [-0.25, -0.2) is 17.8 Å². The summed E-state index contributed by atoms with van der Waals surface area (Å²) in [5, 5.41) is 0.697. The van der Waals surface area contributed by atoms with Gasteiger partial charge in [0.15, 0.2) is 5.13 Å². The van der Waals surface area contributed by atoms with E-state index in [4.69, 9.17) is 9.72 Å². The number of carbonyl (C=O) groups excluding carboxylic acids is 1. The molecule has 2 aromatic carbocycles. The summed E-state index contributed by atoms with van der Waals surface area (Å²) in [7, 11) is -3.73. The number of piperidine rings is 1. The van der Waals surface area contributed by atoms with Crippen LogP contribution in [0.5, 0.6) is 0 Å². The predicted molar refractivity (Wildman–Crippen MR) is 146 cm³/mol. The number of anilines is 1. The number of aromatic nitrogens is 1. The topological polar surface area (TPSA) is 83.0 Å². The van der Waals surface area contributed by atoms with Crippen molar-refractivity contribution in [1.29, 1.82) is 0 Å². The molecule has 8 nitrogen and oxygen atoms in total. The maximum Gasteiger partial charge on any atom is 0.243 e. The molecule has 2 aliphatic rings. The Morgan fingerprint density at radius 2 is 1.82 bits per heavy atom. The van der Waals surface area contributed by atoms with Crippen LogP contribution in [0.25, 0.3) is 10.2 Å². The number of ether oxygens (including phenoxy) is 1. The Hall–Kier alpha value is -2.44. The lowest BCUT2D eigenvalue weighted by Crippen LogP contribution is -2.45. The summed E-state index contributed by atoms with van der Waals surface area (Å²) in [6.07, 6.45) is 1.69. The van der Waals surface area contributed by atoms with Crippen molar-refractivity contribution in [3.05, 3.63) is 53.8 Å². The van der Waals surface area contributed by atoms with Gasteiger partial charge >= 0.3 is 0 Å². The zero-order chi connectivity index (χ0) is 26.7. The predicted octanol–water partition coefficient (Wildman–Crippen LogP) is 3.90. The van der Waals surface area contributed by atoms with E-state index in [2.05, 4.69) is 4.90 Å². The summed E-state index contributed by atoms with van der Waals surface area (Å²) >= 11 is 1.52. The summed E-state index contributed by atoms with van der Waals surface area (Å²) in [5.74, 6) is -0.763. The molecule has 2 aliphatic heterocycles. The number of hydrogen-bond donors (Lipinski definition) is 0. The number of halogens is 1. The molecule has 3 aromatic rings. The number of aryl methyl sites for hydroxylation is 1. The first-order valence-corrected chi connectivity index (χ1v) is 15.3. The van der Waals surface area contributed by atoms with Crippen molar-refractivity contribution in [3.8, 4) is 0 Å². The molecule has 0 radical (unpaired) electrons. The Balaban J connectivity index is 1.29. The van der Waals surface area contributed by atoms with E-state index in [9.17, 15) is 17.6 Å². The van der Waals surface area contributed by atoms with Crippen LogP contribution in [-0.2, 0) is 19.6 Å². The SMILES string of the molecule is Cc1cccc2sc(N(CCCN3CCOCC3)C(=O)C3CCN(S(=O)(=O)c4ccc(F)cc4)CC3)nc12. The van der Waals surface area contributed by atoms with E-state index in [-0.39, 0.29) is 29.8 Å². The summed E-state index contributed by atoms with van der Waals surface area (Å²) in [4.78, 5) is 22.9. The summed E-state index contributed by atoms with van der Waals surface area (Å²) in [6, 6.07) is 10.9. The second-order valence-electron chi connectivity index (χ2n) is 9.85. The normalized spacial score (nSPS) is 18.2. The van der Waals surface area contributed by atoms with Crippen molar-refractivity contribution in [2.24, 2.45) is 5.92 Å². The first-order valence-electron chi connectivity index (χ1n) is 13.1. The molecular formula is C27H33FN4O4S2. The summed E-state index contributed by atoms with van der Waals surface area (Å²) in [6.45, 7) is 7.22. The smallest absolute Gasteiger partial charge is 0.243 e. The van der Waals surface area contributed by atoms with Crippen molar-refractivity contribution in [2.75, 3.05) is 57.4 Å². The minimum Gasteiger partial charge on any atom is -0.379 e. The molecule has 0 bridgehead atoms. The number of amides is 1. The van der Waals surface area contributed by atoms with E-state index < -0.39 is 15.8 Å². The van der Waals surface area contributed by atoms with Gasteiger partial charge in [0.1, 0.15) is 5.82 Å². The molecular weight excluding hydrogens is 527 g/mol. The summed E-state index contributed by atoms with van der Waals surface area (Å²) in [5.41, 5.74) is 1.99. The number of benzene rings is 2. The number of rotatable bonds is 8. The standard InChI is InChI=1S/C27H33FN4O4S2/c1-20-4-2-5-24-25(20)29-27(37-24)32(13-3-12-30-16-18-36-19-17-30)26(33)21-10-14-31(15-11-21)38(34,35)23-8-6-22(28)7-9-23/h2,4-9,21H,3,10-19H2,1H3. The fourth-order valence-corrected chi connectivity index (χ4v) is 7.63. The van der Waals surface area contributed by atoms with Crippen LogP contribution in [0.4, 0.5) is 9.52 Å². The molecule has 2 fully saturated rings. The van der Waals surface area contributed by atoms with Crippen LogP contribution in [0.3, 0.4) is 0 Å². The highest BCUT2D eigenvalue weighted by molar-refractivity contribution is 7.89. The summed E-state index contributed by atoms with van der Waals surface area (Å²) < 4.78 is 47.3. The highest BCUT2D eigenvalue weighted by Gasteiger charge is 2.35. The van der Waals surface area contributed by atoms with Gasteiger partial charge in [-0.15, -0.1) is 0 Å². The zero-order valence-corrected chi connectivity index (χ0v) is 23.1. The van der Waals surface area contributed by atoms with Crippen LogP contribution < -0.4 is 4.90 Å². The molecule has 2 saturated heterocycles. The van der Waals surface area contributed by atoms with Gasteiger partial charge in [-0.2, -0.15) is 4.31 Å². The third-order valence-corrected chi connectivity index (χ3v) is 10.3. The largest absolute Gasteiger partial charge is 0.379 e. The van der Waals surface area contributed by atoms with Gasteiger partial charge in [0.2, 0.25) is 15.9 Å². The molecule has 0 atom stereocenters. The van der Waals surface area contributed by atoms with Crippen molar-refractivity contribution in [1.82, 2.24) is 14.2 Å². The maximum absolute atomic E-state index is 13.9. The highest BCUT2D eigenvalue weighted by Crippen LogP contribution is 2.33. The van der Waals surface area contributed by atoms with Crippen molar-refractivity contribution < 1.29 is 22.3 Å². The Labute approximate surface area is 227 Å². The Bertz CT molecular complexity index is 1370. The van der Waals surface area contributed by atoms with Gasteiger partial charge in [-0.3, -0.25) is 14.6 Å². The van der Waals surface area contributed by atoms with Crippen molar-refractivity contribution >= 4 is 42.6 Å². The minimum absolute atomic E-state index is 0.00233. The number of thiazole rings is 1. The minimum atomic E-state index is -3.73. The van der Waals surface area contributed by atoms with Crippen LogP contribution in [0, 0.1) is 18.7 Å². The molecule has 1 amide bonds. The average Bonchev–Trinajstić information content (AvgIpc) is 3.37. The highest BCUT2D eigenvalue weighted by atomic mass is 32.2. The van der Waals surface area contributed by atoms with E-state index in [1.54, 1.807) is 0 Å². The van der Waals surface area contributed by atoms with Crippen LogP contribution in [0.2, 0.25) is 0 Å². The second-order valence-corrected chi connectivity index (χ2v) is 12.8. The van der Waals surface area contributed by atoms with Crippen LogP contribution in [-0.4, -0.2) is 81.0 Å². The molecule has 0 saturated carbocycles. The number of fused-ring (bicyclic) bond motifs is 1. The van der Waals surface area contributed by atoms with Crippen molar-refractivity contribution in [3.63, 3.8) is 0 Å². The first kappa shape index (κ1) is 27.1. The van der Waals surface area contributed by atoms with Gasteiger partial charge in [-0.1, -0.05) is 23.5 Å². The molecule has 204 valence electrons. The molecule has 5 rings (SSSR count). The fourth-order valence-electron chi connectivity index (χ4n) is 5.09. The Morgan fingerprint density at radius 1 is 1.11 bits per heavy atom. The molecule has 0 spiro atoms. The van der Waals surface area contributed by atoms with E-state index in [1.165, 1.54) is 27.8 Å². The molecule has 38 heavy (non-hydrogen) atoms. The average molecular weight is 561 g/mol. The number of para-hydroxylation sites is 1. The lowest BCUT2D eigenvalue weighted by molar-refractivity contribution is -0.123. The molecule has 3 heterocycles. The van der Waals surface area contributed by atoms with Gasteiger partial charge in [0.05, 0.1) is 28.3 Å². The molecule has 11 heteroatoms. The van der Waals surface area contributed by atoms with Crippen LogP contribution in [0.15, 0.2) is 47.4 Å². The number of nitrogens with zero attached hydrogens (tertiary/aromatic N) is 4. The number of morpholine rings is 1. The Kier molecular flexibility index (Phi) is 8.39. The molecule has 0 N–H and O–H groups in total. The Morgan fingerprint density at radius 3 is 2.50 bits per heavy atom. The number of hydrogen-bond acceptors (Lipinski definition) is 7. The number of carbonyl (C=O) groups is 1. The van der Waals surface area contributed by atoms with E-state index in [1.807, 2.05) is 30.0 Å². The van der Waals surface area contributed by atoms with Gasteiger partial charge in [0, 0.05) is 45.2 Å². The molecule has 0 unspecified atom stereocenters. The zero-order valence-electron chi connectivity index (χ0n) is 21.5. The van der Waals surface area contributed by atoms with Crippen LogP contribution >= 0.6 is 11.3 Å². The quantitative estimate of drug-likeness (QED) is 0.416. The number of sulfonamides is 1. The van der Waals surface area contributed by atoms with Gasteiger partial charge in [-0.05, 0) is 62.1 Å². The van der Waals surface area contributed by atoms with Gasteiger partial charge < -0.3 is 4.74 Å². The maximum atomic E-state index is 13.9.